The van der Waals surface area contributed by atoms with Crippen LogP contribution < -0.4 is 0 Å². The van der Waals surface area contributed by atoms with Crippen molar-refractivity contribution in [2.75, 3.05) is 0 Å². The van der Waals surface area contributed by atoms with Crippen LogP contribution in [0.1, 0.15) is 74.8 Å². The standard InChI is InChI=1S/C9H12.C5H10O.C4H7N.2CH4/c1-8(2)9-6-4-3-5-7-9;1-4(2)5(3)6;1-4(2)3-5;;/h3-8H,1-2H3;4H,1-3H3;4H,1-2H3;2*1H4. The summed E-state index contributed by atoms with van der Waals surface area (Å²) in [5.74, 6) is 1.32. The van der Waals surface area contributed by atoms with Crippen LogP contribution in [-0.4, -0.2) is 5.78 Å². The monoisotopic (exact) mass is 307 g/mol. The van der Waals surface area contributed by atoms with E-state index in [1.54, 1.807) is 6.92 Å². The summed E-state index contributed by atoms with van der Waals surface area (Å²) in [5, 5.41) is 7.89. The van der Waals surface area contributed by atoms with Crippen molar-refractivity contribution in [2.24, 2.45) is 11.8 Å². The van der Waals surface area contributed by atoms with Gasteiger partial charge in [-0.25, -0.2) is 0 Å². The molecule has 0 fully saturated rings. The molecule has 0 saturated carbocycles. The molecule has 0 heterocycles. The van der Waals surface area contributed by atoms with Crippen molar-refractivity contribution < 1.29 is 4.79 Å². The van der Waals surface area contributed by atoms with Gasteiger partial charge in [-0.15, -0.1) is 0 Å². The Bertz CT molecular complexity index is 386. The SMILES string of the molecule is C.C.CC(=O)C(C)C.CC(C)C#N.CC(C)c1ccccc1. The maximum absolute atomic E-state index is 10.1. The summed E-state index contributed by atoms with van der Waals surface area (Å²) < 4.78 is 0. The van der Waals surface area contributed by atoms with E-state index in [2.05, 4.69) is 38.1 Å². The van der Waals surface area contributed by atoms with E-state index in [4.69, 9.17) is 5.26 Å². The molecular formula is C20H37NO. The molecule has 22 heavy (non-hydrogen) atoms. The number of benzene rings is 1. The third kappa shape index (κ3) is 20.7. The summed E-state index contributed by atoms with van der Waals surface area (Å²) in [6, 6.07) is 12.5. The number of carbonyl (C=O) groups excluding carboxylic acids is 1. The smallest absolute Gasteiger partial charge is 0.132 e. The second-order valence-electron chi connectivity index (χ2n) is 5.61. The Kier molecular flexibility index (Phi) is 22.6. The lowest BCUT2D eigenvalue weighted by Gasteiger charge is -2.01. The Balaban J connectivity index is -0.000000112. The van der Waals surface area contributed by atoms with Gasteiger partial charge in [-0.1, -0.05) is 72.9 Å². The van der Waals surface area contributed by atoms with Crippen molar-refractivity contribution in [1.82, 2.24) is 0 Å². The summed E-state index contributed by atoms with van der Waals surface area (Å²) in [6.45, 7) is 13.5. The van der Waals surface area contributed by atoms with Gasteiger partial charge in [-0.05, 0) is 32.3 Å². The highest BCUT2D eigenvalue weighted by atomic mass is 16.1. The van der Waals surface area contributed by atoms with Gasteiger partial charge in [-0.2, -0.15) is 5.26 Å². The minimum absolute atomic E-state index is 0. The van der Waals surface area contributed by atoms with Crippen LogP contribution >= 0.6 is 0 Å². The Morgan fingerprint density at radius 3 is 1.41 bits per heavy atom. The van der Waals surface area contributed by atoms with Crippen molar-refractivity contribution in [1.29, 1.82) is 5.26 Å². The third-order valence-electron chi connectivity index (χ3n) is 2.54. The fourth-order valence-electron chi connectivity index (χ4n) is 0.838. The molecule has 0 bridgehead atoms. The van der Waals surface area contributed by atoms with Gasteiger partial charge in [0.1, 0.15) is 5.78 Å². The van der Waals surface area contributed by atoms with E-state index in [1.165, 1.54) is 5.56 Å². The molecule has 0 radical (unpaired) electrons. The molecule has 0 unspecified atom stereocenters. The van der Waals surface area contributed by atoms with Crippen LogP contribution in [0, 0.1) is 23.2 Å². The fraction of sp³-hybridized carbons (Fsp3) is 0.600. The van der Waals surface area contributed by atoms with Crippen LogP contribution in [-0.2, 0) is 4.79 Å². The van der Waals surface area contributed by atoms with Gasteiger partial charge < -0.3 is 0 Å². The van der Waals surface area contributed by atoms with Crippen LogP contribution in [0.5, 0.6) is 0 Å². The van der Waals surface area contributed by atoms with Crippen LogP contribution in [0.25, 0.3) is 0 Å². The highest BCUT2D eigenvalue weighted by Crippen LogP contribution is 2.11. The van der Waals surface area contributed by atoms with E-state index in [0.29, 0.717) is 5.92 Å². The van der Waals surface area contributed by atoms with Crippen LogP contribution in [0.4, 0.5) is 0 Å². The minimum Gasteiger partial charge on any atom is -0.300 e. The van der Waals surface area contributed by atoms with Crippen molar-refractivity contribution in [3.8, 4) is 6.07 Å². The normalized spacial score (nSPS) is 8.41. The van der Waals surface area contributed by atoms with Gasteiger partial charge in [0.2, 0.25) is 0 Å². The summed E-state index contributed by atoms with van der Waals surface area (Å²) in [4.78, 5) is 10.1. The summed E-state index contributed by atoms with van der Waals surface area (Å²) in [6.07, 6.45) is 0. The number of ketones is 1. The van der Waals surface area contributed by atoms with Crippen molar-refractivity contribution in [3.05, 3.63) is 35.9 Å². The Hall–Kier alpha value is -1.62. The molecule has 0 N–H and O–H groups in total. The van der Waals surface area contributed by atoms with E-state index < -0.39 is 0 Å². The van der Waals surface area contributed by atoms with Gasteiger partial charge in [0.15, 0.2) is 0 Å². The number of hydrogen-bond donors (Lipinski definition) is 0. The zero-order valence-electron chi connectivity index (χ0n) is 14.0. The zero-order valence-corrected chi connectivity index (χ0v) is 14.0. The summed E-state index contributed by atoms with van der Waals surface area (Å²) in [5.41, 5.74) is 1.41. The number of rotatable bonds is 2. The van der Waals surface area contributed by atoms with E-state index in [0.717, 1.165) is 0 Å². The van der Waals surface area contributed by atoms with Crippen molar-refractivity contribution in [2.45, 2.75) is 69.2 Å². The molecule has 0 amide bonds. The highest BCUT2D eigenvalue weighted by Gasteiger charge is 1.95. The lowest BCUT2D eigenvalue weighted by Crippen LogP contribution is -1.98. The molecule has 0 aliphatic carbocycles. The Labute approximate surface area is 139 Å². The average Bonchev–Trinajstić information content (AvgIpc) is 2.41. The number of nitrogens with zero attached hydrogens (tertiary/aromatic N) is 1. The van der Waals surface area contributed by atoms with Gasteiger partial charge in [-0.3, -0.25) is 4.79 Å². The molecule has 1 aromatic rings. The Morgan fingerprint density at radius 2 is 1.27 bits per heavy atom. The van der Waals surface area contributed by atoms with E-state index in [-0.39, 0.29) is 32.5 Å². The summed E-state index contributed by atoms with van der Waals surface area (Å²) >= 11 is 0. The number of hydrogen-bond acceptors (Lipinski definition) is 2. The first kappa shape index (κ1) is 28.5. The van der Waals surface area contributed by atoms with E-state index in [9.17, 15) is 4.79 Å². The zero-order chi connectivity index (χ0) is 16.1. The molecule has 1 rings (SSSR count). The number of Topliss-reactive ketones (excluding diaryl/α,β-unsaturated/α-hetero) is 1. The first-order valence-electron chi connectivity index (χ1n) is 7.17. The summed E-state index contributed by atoms with van der Waals surface area (Å²) in [7, 11) is 0. The minimum atomic E-state index is 0. The first-order valence-corrected chi connectivity index (χ1v) is 7.17. The van der Waals surface area contributed by atoms with E-state index in [1.807, 2.05) is 39.8 Å². The van der Waals surface area contributed by atoms with Crippen molar-refractivity contribution >= 4 is 5.78 Å². The molecule has 0 aromatic heterocycles. The third-order valence-corrected chi connectivity index (χ3v) is 2.54. The number of carbonyl (C=O) groups is 1. The molecule has 0 aliphatic heterocycles. The molecule has 0 spiro atoms. The predicted molar refractivity (Wildman–Crippen MR) is 100.0 cm³/mol. The van der Waals surface area contributed by atoms with Gasteiger partial charge in [0.25, 0.3) is 0 Å². The molecule has 0 atom stereocenters. The Morgan fingerprint density at radius 1 is 0.955 bits per heavy atom. The van der Waals surface area contributed by atoms with Crippen LogP contribution in [0.3, 0.4) is 0 Å². The van der Waals surface area contributed by atoms with Gasteiger partial charge in [0, 0.05) is 11.8 Å². The van der Waals surface area contributed by atoms with Crippen LogP contribution in [0.15, 0.2) is 30.3 Å². The van der Waals surface area contributed by atoms with E-state index >= 15 is 0 Å². The largest absolute Gasteiger partial charge is 0.300 e. The molecule has 128 valence electrons. The second-order valence-corrected chi connectivity index (χ2v) is 5.61. The molecule has 2 heteroatoms. The second kappa shape index (κ2) is 17.4. The predicted octanol–water partition coefficient (Wildman–Crippen LogP) is 6.48. The maximum Gasteiger partial charge on any atom is 0.132 e. The van der Waals surface area contributed by atoms with Crippen molar-refractivity contribution in [3.63, 3.8) is 0 Å². The fourth-order valence-corrected chi connectivity index (χ4v) is 0.838. The molecular weight excluding hydrogens is 270 g/mol. The molecule has 2 nitrogen and oxygen atoms in total. The van der Waals surface area contributed by atoms with Crippen LogP contribution in [0.2, 0.25) is 0 Å². The maximum atomic E-state index is 10.1. The quantitative estimate of drug-likeness (QED) is 0.627. The highest BCUT2D eigenvalue weighted by molar-refractivity contribution is 5.77. The molecule has 1 aromatic carbocycles. The molecule has 0 saturated heterocycles. The lowest BCUT2D eigenvalue weighted by molar-refractivity contribution is -0.119. The topological polar surface area (TPSA) is 40.9 Å². The average molecular weight is 308 g/mol. The number of nitriles is 1. The lowest BCUT2D eigenvalue weighted by atomic mass is 10.0. The first-order chi connectivity index (χ1) is 9.22. The van der Waals surface area contributed by atoms with Gasteiger partial charge >= 0.3 is 0 Å². The van der Waals surface area contributed by atoms with Gasteiger partial charge in [0.05, 0.1) is 6.07 Å². The molecule has 0 aliphatic rings.